The van der Waals surface area contributed by atoms with Crippen molar-refractivity contribution < 1.29 is 9.13 Å². The molecule has 0 aliphatic heterocycles. The third-order valence-corrected chi connectivity index (χ3v) is 2.08. The van der Waals surface area contributed by atoms with E-state index in [1.807, 2.05) is 13.8 Å². The highest BCUT2D eigenvalue weighted by atomic mass is 19.1. The van der Waals surface area contributed by atoms with Gasteiger partial charge in [0.25, 0.3) is 0 Å². The van der Waals surface area contributed by atoms with Crippen LogP contribution in [0.2, 0.25) is 0 Å². The molecule has 0 saturated carbocycles. The monoisotopic (exact) mass is 219 g/mol. The molecular weight excluding hydrogens is 205 g/mol. The van der Waals surface area contributed by atoms with E-state index in [1.165, 1.54) is 19.2 Å². The van der Waals surface area contributed by atoms with Gasteiger partial charge in [-0.2, -0.15) is 5.26 Å². The maximum absolute atomic E-state index is 13.4. The topological polar surface area (TPSA) is 33.0 Å². The first-order valence-corrected chi connectivity index (χ1v) is 5.04. The van der Waals surface area contributed by atoms with Crippen molar-refractivity contribution in [3.05, 3.63) is 35.7 Å². The van der Waals surface area contributed by atoms with E-state index in [1.54, 1.807) is 12.1 Å². The van der Waals surface area contributed by atoms with E-state index in [0.29, 0.717) is 11.1 Å². The molecule has 1 rings (SSSR count). The lowest BCUT2D eigenvalue weighted by molar-refractivity contribution is 0.386. The molecule has 0 aliphatic carbocycles. The minimum Gasteiger partial charge on any atom is -0.494 e. The fraction of sp³-hybridized carbons (Fsp3) is 0.308. The highest BCUT2D eigenvalue weighted by Crippen LogP contribution is 2.23. The molecule has 3 heteroatoms. The van der Waals surface area contributed by atoms with E-state index in [2.05, 4.69) is 6.07 Å². The molecule has 0 radical (unpaired) electrons. The molecule has 84 valence electrons. The molecule has 0 fully saturated rings. The van der Waals surface area contributed by atoms with Crippen LogP contribution in [0.15, 0.2) is 24.3 Å². The van der Waals surface area contributed by atoms with Crippen molar-refractivity contribution >= 4 is 5.57 Å². The largest absolute Gasteiger partial charge is 0.494 e. The number of hydrogen-bond donors (Lipinski definition) is 0. The Balaban J connectivity index is 3.14. The molecule has 0 spiro atoms. The smallest absolute Gasteiger partial charge is 0.165 e. The van der Waals surface area contributed by atoms with E-state index in [9.17, 15) is 4.39 Å². The summed E-state index contributed by atoms with van der Waals surface area (Å²) in [6, 6.07) is 6.59. The summed E-state index contributed by atoms with van der Waals surface area (Å²) in [5, 5.41) is 8.97. The summed E-state index contributed by atoms with van der Waals surface area (Å²) >= 11 is 0. The SMILES string of the molecule is COc1ccc(/C(C#N)=C/C(C)C)cc1F. The Morgan fingerprint density at radius 2 is 2.19 bits per heavy atom. The van der Waals surface area contributed by atoms with Crippen LogP contribution in [0.1, 0.15) is 19.4 Å². The Labute approximate surface area is 95.0 Å². The van der Waals surface area contributed by atoms with Gasteiger partial charge in [-0.1, -0.05) is 19.9 Å². The van der Waals surface area contributed by atoms with Gasteiger partial charge in [0.2, 0.25) is 0 Å². The maximum atomic E-state index is 13.4. The van der Waals surface area contributed by atoms with Crippen molar-refractivity contribution in [2.75, 3.05) is 7.11 Å². The quantitative estimate of drug-likeness (QED) is 0.730. The molecule has 0 aliphatic rings. The molecule has 2 nitrogen and oxygen atoms in total. The molecule has 0 heterocycles. The van der Waals surface area contributed by atoms with Crippen molar-refractivity contribution in [2.24, 2.45) is 5.92 Å². The van der Waals surface area contributed by atoms with E-state index in [-0.39, 0.29) is 11.7 Å². The van der Waals surface area contributed by atoms with Crippen LogP contribution >= 0.6 is 0 Å². The first kappa shape index (κ1) is 12.3. The van der Waals surface area contributed by atoms with E-state index >= 15 is 0 Å². The van der Waals surface area contributed by atoms with E-state index in [4.69, 9.17) is 10.00 Å². The number of methoxy groups -OCH3 is 1. The highest BCUT2D eigenvalue weighted by molar-refractivity contribution is 5.77. The number of allylic oxidation sites excluding steroid dienone is 2. The fourth-order valence-electron chi connectivity index (χ4n) is 1.37. The Morgan fingerprint density at radius 3 is 2.62 bits per heavy atom. The summed E-state index contributed by atoms with van der Waals surface area (Å²) in [7, 11) is 1.41. The van der Waals surface area contributed by atoms with Crippen LogP contribution in [0.4, 0.5) is 4.39 Å². The highest BCUT2D eigenvalue weighted by Gasteiger charge is 2.07. The Bertz CT molecular complexity index is 444. The minimum absolute atomic E-state index is 0.186. The average Bonchev–Trinajstić information content (AvgIpc) is 2.25. The van der Waals surface area contributed by atoms with Gasteiger partial charge in [-0.3, -0.25) is 0 Å². The predicted octanol–water partition coefficient (Wildman–Crippen LogP) is 3.40. The molecule has 0 bridgehead atoms. The molecular formula is C13H14FNO. The fourth-order valence-corrected chi connectivity index (χ4v) is 1.37. The number of rotatable bonds is 3. The van der Waals surface area contributed by atoms with Crippen LogP contribution < -0.4 is 4.74 Å². The Hall–Kier alpha value is -1.82. The van der Waals surface area contributed by atoms with Crippen molar-refractivity contribution in [3.8, 4) is 11.8 Å². The number of nitrogens with zero attached hydrogens (tertiary/aromatic N) is 1. The second-order valence-electron chi connectivity index (χ2n) is 3.79. The first-order valence-electron chi connectivity index (χ1n) is 5.04. The third kappa shape index (κ3) is 2.83. The second-order valence-corrected chi connectivity index (χ2v) is 3.79. The maximum Gasteiger partial charge on any atom is 0.165 e. The van der Waals surface area contributed by atoms with Crippen molar-refractivity contribution in [1.82, 2.24) is 0 Å². The number of nitriles is 1. The molecule has 0 aromatic heterocycles. The molecule has 0 N–H and O–H groups in total. The van der Waals surface area contributed by atoms with Crippen LogP contribution in [0.5, 0.6) is 5.75 Å². The second kappa shape index (κ2) is 5.32. The molecule has 1 aromatic carbocycles. The van der Waals surface area contributed by atoms with Crippen LogP contribution in [-0.2, 0) is 0 Å². The molecule has 0 atom stereocenters. The predicted molar refractivity (Wildman–Crippen MR) is 61.4 cm³/mol. The van der Waals surface area contributed by atoms with Gasteiger partial charge in [0.05, 0.1) is 18.8 Å². The van der Waals surface area contributed by atoms with Crippen molar-refractivity contribution in [3.63, 3.8) is 0 Å². The van der Waals surface area contributed by atoms with E-state index in [0.717, 1.165) is 0 Å². The van der Waals surface area contributed by atoms with Gasteiger partial charge in [0, 0.05) is 0 Å². The van der Waals surface area contributed by atoms with Gasteiger partial charge in [-0.25, -0.2) is 4.39 Å². The summed E-state index contributed by atoms with van der Waals surface area (Å²) in [4.78, 5) is 0. The van der Waals surface area contributed by atoms with Gasteiger partial charge in [-0.15, -0.1) is 0 Å². The zero-order chi connectivity index (χ0) is 12.1. The lowest BCUT2D eigenvalue weighted by Gasteiger charge is -2.05. The standard InChI is InChI=1S/C13H14FNO/c1-9(2)6-11(8-15)10-4-5-13(16-3)12(14)7-10/h4-7,9H,1-3H3/b11-6+. The molecule has 0 unspecified atom stereocenters. The number of ether oxygens (including phenoxy) is 1. The summed E-state index contributed by atoms with van der Waals surface area (Å²) < 4.78 is 18.2. The Kier molecular flexibility index (Phi) is 4.07. The lowest BCUT2D eigenvalue weighted by Crippen LogP contribution is -1.91. The van der Waals surface area contributed by atoms with Gasteiger partial charge in [0.15, 0.2) is 11.6 Å². The zero-order valence-electron chi connectivity index (χ0n) is 9.62. The van der Waals surface area contributed by atoms with Crippen LogP contribution in [-0.4, -0.2) is 7.11 Å². The van der Waals surface area contributed by atoms with Gasteiger partial charge in [-0.05, 0) is 29.7 Å². The van der Waals surface area contributed by atoms with Gasteiger partial charge >= 0.3 is 0 Å². The van der Waals surface area contributed by atoms with Gasteiger partial charge in [0.1, 0.15) is 0 Å². The summed E-state index contributed by atoms with van der Waals surface area (Å²) in [6.07, 6.45) is 1.81. The normalized spacial score (nSPS) is 11.4. The molecule has 0 saturated heterocycles. The third-order valence-electron chi connectivity index (χ3n) is 2.08. The average molecular weight is 219 g/mol. The van der Waals surface area contributed by atoms with Crippen LogP contribution in [0.25, 0.3) is 5.57 Å². The molecule has 0 amide bonds. The van der Waals surface area contributed by atoms with Crippen molar-refractivity contribution in [1.29, 1.82) is 5.26 Å². The summed E-state index contributed by atoms with van der Waals surface area (Å²) in [5.41, 5.74) is 1.06. The molecule has 1 aromatic rings. The lowest BCUT2D eigenvalue weighted by atomic mass is 10.0. The summed E-state index contributed by atoms with van der Waals surface area (Å²) in [6.45, 7) is 3.94. The van der Waals surface area contributed by atoms with Gasteiger partial charge < -0.3 is 4.74 Å². The first-order chi connectivity index (χ1) is 7.58. The summed E-state index contributed by atoms with van der Waals surface area (Å²) in [5.74, 6) is -0.0182. The zero-order valence-corrected chi connectivity index (χ0v) is 9.62. The Morgan fingerprint density at radius 1 is 1.50 bits per heavy atom. The minimum atomic E-state index is -0.454. The number of halogens is 1. The van der Waals surface area contributed by atoms with Crippen molar-refractivity contribution in [2.45, 2.75) is 13.8 Å². The molecule has 16 heavy (non-hydrogen) atoms. The van der Waals surface area contributed by atoms with Crippen LogP contribution in [0.3, 0.4) is 0 Å². The van der Waals surface area contributed by atoms with Crippen LogP contribution in [0, 0.1) is 23.1 Å². The number of benzene rings is 1. The van der Waals surface area contributed by atoms with E-state index < -0.39 is 5.82 Å². The number of hydrogen-bond acceptors (Lipinski definition) is 2.